The van der Waals surface area contributed by atoms with Crippen molar-refractivity contribution in [3.8, 4) is 0 Å². The highest BCUT2D eigenvalue weighted by molar-refractivity contribution is 5.35. The second-order valence-electron chi connectivity index (χ2n) is 6.81. The number of piperidine rings is 1. The standard InChI is InChI=1S/C18H26N2/c1-2-19-14-11-15-8-9-16(12-14)20(15)18-10-7-13-5-3-4-6-17(13)18/h3-6,14-16,18-19H,2,7-12H2,1H3. The maximum atomic E-state index is 3.69. The van der Waals surface area contributed by atoms with Gasteiger partial charge in [-0.15, -0.1) is 0 Å². The van der Waals surface area contributed by atoms with Crippen molar-refractivity contribution in [2.45, 2.75) is 69.6 Å². The van der Waals surface area contributed by atoms with Crippen molar-refractivity contribution in [1.82, 2.24) is 10.2 Å². The Labute approximate surface area is 122 Å². The van der Waals surface area contributed by atoms with Crippen LogP contribution in [0.5, 0.6) is 0 Å². The molecule has 0 aromatic heterocycles. The van der Waals surface area contributed by atoms with Gasteiger partial charge in [-0.05, 0) is 56.2 Å². The molecule has 1 N–H and O–H groups in total. The molecule has 2 fully saturated rings. The van der Waals surface area contributed by atoms with E-state index >= 15 is 0 Å². The molecule has 1 aromatic carbocycles. The van der Waals surface area contributed by atoms with Crippen LogP contribution in [0.2, 0.25) is 0 Å². The summed E-state index contributed by atoms with van der Waals surface area (Å²) >= 11 is 0. The third-order valence-corrected chi connectivity index (χ3v) is 5.74. The van der Waals surface area contributed by atoms with Gasteiger partial charge in [-0.1, -0.05) is 31.2 Å². The van der Waals surface area contributed by atoms with Crippen LogP contribution in [0.1, 0.15) is 56.2 Å². The van der Waals surface area contributed by atoms with Gasteiger partial charge in [0.15, 0.2) is 0 Å². The summed E-state index contributed by atoms with van der Waals surface area (Å²) in [7, 11) is 0. The molecule has 2 heteroatoms. The van der Waals surface area contributed by atoms with Crippen LogP contribution in [0.15, 0.2) is 24.3 Å². The van der Waals surface area contributed by atoms with Crippen LogP contribution in [0, 0.1) is 0 Å². The smallest absolute Gasteiger partial charge is 0.0359 e. The summed E-state index contributed by atoms with van der Waals surface area (Å²) in [6.45, 7) is 3.36. The SMILES string of the molecule is CCNC1CC2CCC(C1)N2C1CCc2ccccc21. The topological polar surface area (TPSA) is 15.3 Å². The molecule has 2 bridgehead atoms. The quantitative estimate of drug-likeness (QED) is 0.907. The normalized spacial score (nSPS) is 36.2. The summed E-state index contributed by atoms with van der Waals surface area (Å²) < 4.78 is 0. The van der Waals surface area contributed by atoms with Crippen LogP contribution in [-0.2, 0) is 6.42 Å². The molecule has 3 atom stereocenters. The lowest BCUT2D eigenvalue weighted by atomic mass is 9.93. The van der Waals surface area contributed by atoms with Crippen molar-refractivity contribution in [2.75, 3.05) is 6.54 Å². The van der Waals surface area contributed by atoms with Crippen LogP contribution in [-0.4, -0.2) is 29.6 Å². The van der Waals surface area contributed by atoms with Crippen LogP contribution < -0.4 is 5.32 Å². The Morgan fingerprint density at radius 2 is 1.85 bits per heavy atom. The Kier molecular flexibility index (Phi) is 3.31. The van der Waals surface area contributed by atoms with Gasteiger partial charge < -0.3 is 5.32 Å². The fraction of sp³-hybridized carbons (Fsp3) is 0.667. The summed E-state index contributed by atoms with van der Waals surface area (Å²) in [5.74, 6) is 0. The molecule has 0 spiro atoms. The average Bonchev–Trinajstić information content (AvgIpc) is 2.98. The Hall–Kier alpha value is -0.860. The fourth-order valence-electron chi connectivity index (χ4n) is 5.02. The van der Waals surface area contributed by atoms with Gasteiger partial charge in [0, 0.05) is 24.2 Å². The third kappa shape index (κ3) is 2.01. The van der Waals surface area contributed by atoms with Crippen molar-refractivity contribution in [1.29, 1.82) is 0 Å². The van der Waals surface area contributed by atoms with Gasteiger partial charge in [-0.3, -0.25) is 4.90 Å². The van der Waals surface area contributed by atoms with E-state index in [1.807, 2.05) is 0 Å². The lowest BCUT2D eigenvalue weighted by Crippen LogP contribution is -2.50. The van der Waals surface area contributed by atoms with E-state index in [4.69, 9.17) is 0 Å². The first kappa shape index (κ1) is 12.8. The molecule has 4 rings (SSSR count). The van der Waals surface area contributed by atoms with E-state index in [1.54, 1.807) is 11.1 Å². The Balaban J connectivity index is 1.56. The summed E-state index contributed by atoms with van der Waals surface area (Å²) in [6.07, 6.45) is 8.20. The first-order chi connectivity index (χ1) is 9.86. The van der Waals surface area contributed by atoms with E-state index in [0.29, 0.717) is 6.04 Å². The van der Waals surface area contributed by atoms with Crippen LogP contribution >= 0.6 is 0 Å². The maximum Gasteiger partial charge on any atom is 0.0359 e. The summed E-state index contributed by atoms with van der Waals surface area (Å²) in [5.41, 5.74) is 3.23. The molecule has 2 saturated heterocycles. The highest BCUT2D eigenvalue weighted by Gasteiger charge is 2.45. The van der Waals surface area contributed by atoms with Gasteiger partial charge in [0.1, 0.15) is 0 Å². The third-order valence-electron chi connectivity index (χ3n) is 5.74. The lowest BCUT2D eigenvalue weighted by Gasteiger charge is -2.43. The van der Waals surface area contributed by atoms with E-state index in [0.717, 1.165) is 24.7 Å². The van der Waals surface area contributed by atoms with Gasteiger partial charge >= 0.3 is 0 Å². The second-order valence-corrected chi connectivity index (χ2v) is 6.81. The van der Waals surface area contributed by atoms with Crippen LogP contribution in [0.25, 0.3) is 0 Å². The molecular formula is C18H26N2. The summed E-state index contributed by atoms with van der Waals surface area (Å²) in [5, 5.41) is 3.69. The van der Waals surface area contributed by atoms with Gasteiger partial charge in [0.2, 0.25) is 0 Å². The Morgan fingerprint density at radius 1 is 1.10 bits per heavy atom. The number of fused-ring (bicyclic) bond motifs is 3. The van der Waals surface area contributed by atoms with Gasteiger partial charge in [0.05, 0.1) is 0 Å². The molecule has 2 nitrogen and oxygen atoms in total. The van der Waals surface area contributed by atoms with Crippen molar-refractivity contribution in [2.24, 2.45) is 0 Å². The molecule has 20 heavy (non-hydrogen) atoms. The van der Waals surface area contributed by atoms with E-state index in [9.17, 15) is 0 Å². The first-order valence-corrected chi connectivity index (χ1v) is 8.45. The van der Waals surface area contributed by atoms with E-state index in [2.05, 4.69) is 41.4 Å². The summed E-state index contributed by atoms with van der Waals surface area (Å²) in [4.78, 5) is 2.90. The number of rotatable bonds is 3. The van der Waals surface area contributed by atoms with Gasteiger partial charge in [-0.25, -0.2) is 0 Å². The van der Waals surface area contributed by atoms with Crippen LogP contribution in [0.3, 0.4) is 0 Å². The molecule has 0 amide bonds. The maximum absolute atomic E-state index is 3.69. The number of hydrogen-bond acceptors (Lipinski definition) is 2. The fourth-order valence-corrected chi connectivity index (χ4v) is 5.02. The lowest BCUT2D eigenvalue weighted by molar-refractivity contribution is 0.0700. The molecule has 2 aliphatic heterocycles. The molecule has 1 aromatic rings. The summed E-state index contributed by atoms with van der Waals surface area (Å²) in [6, 6.07) is 12.3. The molecule has 0 radical (unpaired) electrons. The van der Waals surface area contributed by atoms with E-state index in [1.165, 1.54) is 38.5 Å². The zero-order chi connectivity index (χ0) is 13.5. The molecule has 3 aliphatic rings. The first-order valence-electron chi connectivity index (χ1n) is 8.45. The molecule has 108 valence electrons. The molecular weight excluding hydrogens is 244 g/mol. The van der Waals surface area contributed by atoms with Crippen molar-refractivity contribution < 1.29 is 0 Å². The van der Waals surface area contributed by atoms with E-state index < -0.39 is 0 Å². The molecule has 1 aliphatic carbocycles. The Bertz CT molecular complexity index is 470. The van der Waals surface area contributed by atoms with Crippen molar-refractivity contribution in [3.63, 3.8) is 0 Å². The number of aryl methyl sites for hydroxylation is 1. The van der Waals surface area contributed by atoms with Gasteiger partial charge in [0.25, 0.3) is 0 Å². The monoisotopic (exact) mass is 270 g/mol. The van der Waals surface area contributed by atoms with E-state index in [-0.39, 0.29) is 0 Å². The second kappa shape index (κ2) is 5.16. The zero-order valence-corrected chi connectivity index (χ0v) is 12.5. The van der Waals surface area contributed by atoms with Crippen molar-refractivity contribution in [3.05, 3.63) is 35.4 Å². The number of nitrogens with one attached hydrogen (secondary N) is 1. The van der Waals surface area contributed by atoms with Gasteiger partial charge in [-0.2, -0.15) is 0 Å². The number of benzene rings is 1. The minimum Gasteiger partial charge on any atom is -0.314 e. The zero-order valence-electron chi connectivity index (χ0n) is 12.5. The average molecular weight is 270 g/mol. The molecule has 2 heterocycles. The number of nitrogens with zero attached hydrogens (tertiary/aromatic N) is 1. The minimum atomic E-state index is 0.714. The highest BCUT2D eigenvalue weighted by atomic mass is 15.3. The minimum absolute atomic E-state index is 0.714. The highest BCUT2D eigenvalue weighted by Crippen LogP contribution is 2.46. The molecule has 3 unspecified atom stereocenters. The molecule has 0 saturated carbocycles. The predicted octanol–water partition coefficient (Wildman–Crippen LogP) is 3.28. The predicted molar refractivity (Wildman–Crippen MR) is 82.9 cm³/mol. The van der Waals surface area contributed by atoms with Crippen molar-refractivity contribution >= 4 is 0 Å². The largest absolute Gasteiger partial charge is 0.314 e. The van der Waals surface area contributed by atoms with Crippen LogP contribution in [0.4, 0.5) is 0 Å². The number of hydrogen-bond donors (Lipinski definition) is 1. The Morgan fingerprint density at radius 3 is 2.60 bits per heavy atom.